The lowest BCUT2D eigenvalue weighted by atomic mass is 10.0. The monoisotopic (exact) mass is 496 g/mol. The van der Waals surface area contributed by atoms with Crippen LogP contribution in [0.5, 0.6) is 17.2 Å². The fourth-order valence-electron chi connectivity index (χ4n) is 4.87. The summed E-state index contributed by atoms with van der Waals surface area (Å²) in [6.45, 7) is 5.51. The number of carbonyl (C=O) groups excluding carboxylic acids is 1. The van der Waals surface area contributed by atoms with Crippen molar-refractivity contribution < 1.29 is 19.0 Å². The molecule has 1 N–H and O–H groups in total. The molecule has 0 saturated carbocycles. The summed E-state index contributed by atoms with van der Waals surface area (Å²) in [6, 6.07) is 24.2. The minimum atomic E-state index is -0.00968. The number of fused-ring (bicyclic) bond motifs is 3. The van der Waals surface area contributed by atoms with Gasteiger partial charge in [-0.3, -0.25) is 4.79 Å². The van der Waals surface area contributed by atoms with Crippen molar-refractivity contribution in [3.63, 3.8) is 0 Å². The molecular formula is C31H32N2O4. The Morgan fingerprint density at radius 2 is 1.84 bits per heavy atom. The van der Waals surface area contributed by atoms with Crippen LogP contribution >= 0.6 is 0 Å². The lowest BCUT2D eigenvalue weighted by molar-refractivity contribution is -0.121. The fourth-order valence-corrected chi connectivity index (χ4v) is 4.87. The number of para-hydroxylation sites is 2. The number of amides is 1. The van der Waals surface area contributed by atoms with Gasteiger partial charge in [-0.05, 0) is 62.2 Å². The zero-order chi connectivity index (χ0) is 25.8. The molecule has 0 radical (unpaired) electrons. The van der Waals surface area contributed by atoms with Gasteiger partial charge in [0, 0.05) is 35.3 Å². The smallest absolute Gasteiger partial charge is 0.220 e. The first-order valence-corrected chi connectivity index (χ1v) is 12.7. The summed E-state index contributed by atoms with van der Waals surface area (Å²) in [5.74, 6) is 2.44. The first-order valence-electron chi connectivity index (χ1n) is 12.7. The zero-order valence-electron chi connectivity index (χ0n) is 21.5. The van der Waals surface area contributed by atoms with Gasteiger partial charge in [-0.25, -0.2) is 0 Å². The zero-order valence-corrected chi connectivity index (χ0v) is 21.5. The molecule has 0 bridgehead atoms. The van der Waals surface area contributed by atoms with E-state index in [9.17, 15) is 4.79 Å². The number of carbonyl (C=O) groups is 1. The molecule has 6 nitrogen and oxygen atoms in total. The van der Waals surface area contributed by atoms with Crippen LogP contribution in [0.2, 0.25) is 0 Å². The highest BCUT2D eigenvalue weighted by molar-refractivity contribution is 5.78. The molecule has 0 fully saturated rings. The van der Waals surface area contributed by atoms with Gasteiger partial charge in [-0.2, -0.15) is 0 Å². The van der Waals surface area contributed by atoms with Crippen molar-refractivity contribution >= 4 is 5.91 Å². The first kappa shape index (κ1) is 24.5. The van der Waals surface area contributed by atoms with E-state index in [4.69, 9.17) is 14.2 Å². The number of hydrogen-bond donors (Lipinski definition) is 1. The third kappa shape index (κ3) is 5.05. The van der Waals surface area contributed by atoms with Crippen LogP contribution in [-0.4, -0.2) is 24.2 Å². The van der Waals surface area contributed by atoms with Crippen LogP contribution in [0.25, 0.3) is 16.9 Å². The van der Waals surface area contributed by atoms with Gasteiger partial charge in [0.15, 0.2) is 0 Å². The number of ether oxygens (including phenoxy) is 3. The minimum Gasteiger partial charge on any atom is -0.495 e. The molecule has 0 spiro atoms. The summed E-state index contributed by atoms with van der Waals surface area (Å²) >= 11 is 0. The Morgan fingerprint density at radius 1 is 1.03 bits per heavy atom. The summed E-state index contributed by atoms with van der Waals surface area (Å²) in [5, 5.41) is 3.06. The predicted molar refractivity (Wildman–Crippen MR) is 145 cm³/mol. The number of aryl methyl sites for hydroxylation is 2. The number of nitrogens with one attached hydrogen (secondary N) is 1. The van der Waals surface area contributed by atoms with Crippen LogP contribution in [0.15, 0.2) is 72.8 Å². The van der Waals surface area contributed by atoms with Crippen molar-refractivity contribution in [1.29, 1.82) is 0 Å². The van der Waals surface area contributed by atoms with Crippen LogP contribution in [0.3, 0.4) is 0 Å². The van der Waals surface area contributed by atoms with E-state index in [0.717, 1.165) is 56.6 Å². The van der Waals surface area contributed by atoms with Crippen molar-refractivity contribution in [1.82, 2.24) is 9.88 Å². The third-order valence-corrected chi connectivity index (χ3v) is 6.61. The summed E-state index contributed by atoms with van der Waals surface area (Å²) in [5.41, 5.74) is 7.31. The Balaban J connectivity index is 1.43. The van der Waals surface area contributed by atoms with Crippen LogP contribution in [0.1, 0.15) is 35.7 Å². The molecule has 190 valence electrons. The molecule has 4 aromatic rings. The van der Waals surface area contributed by atoms with Crippen LogP contribution in [0.4, 0.5) is 0 Å². The van der Waals surface area contributed by atoms with Gasteiger partial charge in [-0.1, -0.05) is 36.4 Å². The normalized spacial score (nSPS) is 11.8. The summed E-state index contributed by atoms with van der Waals surface area (Å²) < 4.78 is 19.7. The second-order valence-electron chi connectivity index (χ2n) is 9.12. The number of aromatic nitrogens is 1. The van der Waals surface area contributed by atoms with E-state index in [1.165, 1.54) is 0 Å². The van der Waals surface area contributed by atoms with Gasteiger partial charge in [0.1, 0.15) is 23.9 Å². The second-order valence-corrected chi connectivity index (χ2v) is 9.12. The van der Waals surface area contributed by atoms with Gasteiger partial charge in [0.05, 0.1) is 25.1 Å². The second kappa shape index (κ2) is 10.8. The Morgan fingerprint density at radius 3 is 2.68 bits per heavy atom. The van der Waals surface area contributed by atoms with Crippen molar-refractivity contribution in [3.05, 3.63) is 95.2 Å². The van der Waals surface area contributed by atoms with E-state index in [1.807, 2.05) is 55.5 Å². The van der Waals surface area contributed by atoms with Crippen molar-refractivity contribution in [2.24, 2.45) is 0 Å². The maximum atomic E-state index is 12.9. The highest BCUT2D eigenvalue weighted by Crippen LogP contribution is 2.42. The molecule has 1 amide bonds. The van der Waals surface area contributed by atoms with Gasteiger partial charge < -0.3 is 24.1 Å². The fraction of sp³-hybridized carbons (Fsp3) is 0.258. The molecule has 0 saturated heterocycles. The van der Waals surface area contributed by atoms with Crippen molar-refractivity contribution in [2.45, 2.75) is 39.8 Å². The Kier molecular flexibility index (Phi) is 7.17. The molecule has 6 heteroatoms. The lowest BCUT2D eigenvalue weighted by Crippen LogP contribution is -2.23. The van der Waals surface area contributed by atoms with E-state index in [2.05, 4.69) is 41.1 Å². The van der Waals surface area contributed by atoms with Crippen LogP contribution in [0, 0.1) is 6.92 Å². The maximum absolute atomic E-state index is 12.9. The van der Waals surface area contributed by atoms with E-state index < -0.39 is 0 Å². The molecule has 1 aliphatic heterocycles. The largest absolute Gasteiger partial charge is 0.495 e. The standard InChI is InChI=1S/C31H32N2O4/c1-4-36-27-11-7-5-9-22(27)19-32-30(34)16-14-24-18-23-20-37-28-12-8-6-10-25(28)31(23)33(24)26-15-13-21(2)17-29(26)35-3/h5-13,15,17-18H,4,14,16,19-20H2,1-3H3,(H,32,34). The van der Waals surface area contributed by atoms with Gasteiger partial charge in [-0.15, -0.1) is 0 Å². The minimum absolute atomic E-state index is 0.00968. The molecule has 0 unspecified atom stereocenters. The average Bonchev–Trinajstić information content (AvgIpc) is 3.30. The topological polar surface area (TPSA) is 61.7 Å². The average molecular weight is 497 g/mol. The molecule has 0 atom stereocenters. The molecule has 1 aliphatic rings. The van der Waals surface area contributed by atoms with E-state index in [-0.39, 0.29) is 5.91 Å². The predicted octanol–water partition coefficient (Wildman–Crippen LogP) is 6.00. The number of rotatable bonds is 9. The molecule has 5 rings (SSSR count). The maximum Gasteiger partial charge on any atom is 0.220 e. The Bertz CT molecular complexity index is 1420. The van der Waals surface area contributed by atoms with Gasteiger partial charge >= 0.3 is 0 Å². The van der Waals surface area contributed by atoms with Gasteiger partial charge in [0.25, 0.3) is 0 Å². The number of hydrogen-bond acceptors (Lipinski definition) is 4. The third-order valence-electron chi connectivity index (χ3n) is 6.61. The summed E-state index contributed by atoms with van der Waals surface area (Å²) in [7, 11) is 1.69. The number of benzene rings is 3. The highest BCUT2D eigenvalue weighted by Gasteiger charge is 2.26. The van der Waals surface area contributed by atoms with E-state index in [0.29, 0.717) is 32.6 Å². The molecular weight excluding hydrogens is 464 g/mol. The van der Waals surface area contributed by atoms with Crippen molar-refractivity contribution in [3.8, 4) is 34.2 Å². The summed E-state index contributed by atoms with van der Waals surface area (Å²) in [6.07, 6.45) is 0.932. The van der Waals surface area contributed by atoms with Gasteiger partial charge in [0.2, 0.25) is 5.91 Å². The number of nitrogens with zero attached hydrogens (tertiary/aromatic N) is 1. The molecule has 1 aromatic heterocycles. The van der Waals surface area contributed by atoms with Crippen molar-refractivity contribution in [2.75, 3.05) is 13.7 Å². The van der Waals surface area contributed by atoms with E-state index in [1.54, 1.807) is 7.11 Å². The molecule has 2 heterocycles. The first-order chi connectivity index (χ1) is 18.1. The summed E-state index contributed by atoms with van der Waals surface area (Å²) in [4.78, 5) is 12.9. The van der Waals surface area contributed by atoms with Crippen LogP contribution < -0.4 is 19.5 Å². The molecule has 0 aliphatic carbocycles. The SMILES string of the molecule is CCOc1ccccc1CNC(=O)CCc1cc2c(n1-c1ccc(C)cc1OC)-c1ccccc1OC2. The number of methoxy groups -OCH3 is 1. The molecule has 3 aromatic carbocycles. The van der Waals surface area contributed by atoms with Crippen LogP contribution in [-0.2, 0) is 24.4 Å². The Hall–Kier alpha value is -4.19. The Labute approximate surface area is 217 Å². The molecule has 37 heavy (non-hydrogen) atoms. The van der Waals surface area contributed by atoms with E-state index >= 15 is 0 Å². The quantitative estimate of drug-likeness (QED) is 0.309. The highest BCUT2D eigenvalue weighted by atomic mass is 16.5. The lowest BCUT2D eigenvalue weighted by Gasteiger charge is -2.22.